The number of fused-ring (bicyclic) bond motifs is 4. The summed E-state index contributed by atoms with van der Waals surface area (Å²) in [4.78, 5) is 13.5. The smallest absolute Gasteiger partial charge is 0.267 e. The maximum Gasteiger partial charge on any atom is 0.267 e. The number of aryl methyl sites for hydroxylation is 2. The number of carbonyl (C=O) groups excluding carboxylic acids is 1. The molecule has 6 rings (SSSR count). The van der Waals surface area contributed by atoms with Crippen LogP contribution in [0.1, 0.15) is 11.1 Å². The summed E-state index contributed by atoms with van der Waals surface area (Å²) >= 11 is 0. The third-order valence-corrected chi connectivity index (χ3v) is 8.33. The first-order valence-electron chi connectivity index (χ1n) is 11.9. The molecule has 1 aliphatic heterocycles. The van der Waals surface area contributed by atoms with Gasteiger partial charge in [-0.25, -0.2) is 8.42 Å². The average molecular weight is 513 g/mol. The Hall–Kier alpha value is -4.30. The van der Waals surface area contributed by atoms with Gasteiger partial charge in [0.1, 0.15) is 16.9 Å². The third kappa shape index (κ3) is 4.09. The molecule has 1 aliphatic rings. The number of hydrogen-bond donors (Lipinski definition) is 1. The van der Waals surface area contributed by atoms with Gasteiger partial charge in [-0.1, -0.05) is 42.0 Å². The van der Waals surface area contributed by atoms with E-state index in [0.717, 1.165) is 27.5 Å². The molecule has 37 heavy (non-hydrogen) atoms. The van der Waals surface area contributed by atoms with Gasteiger partial charge in [-0.15, -0.1) is 0 Å². The molecule has 0 fully saturated rings. The lowest BCUT2D eigenvalue weighted by atomic mass is 10.1. The molecule has 0 radical (unpaired) electrons. The normalized spacial score (nSPS) is 15.4. The fourth-order valence-corrected chi connectivity index (χ4v) is 6.06. The molecule has 0 unspecified atom stereocenters. The highest BCUT2D eigenvalue weighted by Crippen LogP contribution is 2.38. The second kappa shape index (κ2) is 8.67. The number of ether oxygens (including phenoxy) is 1. The minimum Gasteiger partial charge on any atom is -0.476 e. The topological polar surface area (TPSA) is 88.9 Å². The molecule has 5 aromatic rings. The van der Waals surface area contributed by atoms with Crippen molar-refractivity contribution in [2.24, 2.45) is 0 Å². The van der Waals surface area contributed by atoms with Crippen molar-refractivity contribution in [2.45, 2.75) is 24.8 Å². The Balaban J connectivity index is 1.32. The lowest BCUT2D eigenvalue weighted by Gasteiger charge is -2.35. The fraction of sp³-hybridized carbons (Fsp3) is 0.138. The number of nitrogens with one attached hydrogen (secondary N) is 1. The molecule has 1 N–H and O–H groups in total. The Labute approximate surface area is 214 Å². The Bertz CT molecular complexity index is 1770. The molecule has 0 bridgehead atoms. The Morgan fingerprint density at radius 3 is 2.41 bits per heavy atom. The van der Waals surface area contributed by atoms with Gasteiger partial charge in [0.25, 0.3) is 15.9 Å². The standard InChI is InChI=1S/C29H24N2O5S/c1-18-7-11-21(12-8-18)37(33,34)31-17-28(36-26-14-9-19(2)15-24(26)31)29(32)30-20-10-13-23-22-5-3-4-6-25(22)35-27(23)16-20/h3-16,28H,17H2,1-2H3,(H,30,32)/t28-/m0/s1. The monoisotopic (exact) mass is 512 g/mol. The number of rotatable bonds is 4. The molecule has 8 heteroatoms. The first kappa shape index (κ1) is 23.1. The summed E-state index contributed by atoms with van der Waals surface area (Å²) in [6.45, 7) is 3.61. The maximum absolute atomic E-state index is 13.7. The van der Waals surface area contributed by atoms with Crippen molar-refractivity contribution in [1.82, 2.24) is 0 Å². The minimum absolute atomic E-state index is 0.155. The number of benzene rings is 4. The van der Waals surface area contributed by atoms with E-state index < -0.39 is 22.0 Å². The second-order valence-corrected chi connectivity index (χ2v) is 11.1. The third-order valence-electron chi connectivity index (χ3n) is 6.53. The first-order valence-corrected chi connectivity index (χ1v) is 13.3. The summed E-state index contributed by atoms with van der Waals surface area (Å²) in [5, 5.41) is 4.81. The van der Waals surface area contributed by atoms with E-state index in [0.29, 0.717) is 22.7 Å². The number of para-hydroxylation sites is 1. The van der Waals surface area contributed by atoms with Crippen LogP contribution in [0.4, 0.5) is 11.4 Å². The van der Waals surface area contributed by atoms with Gasteiger partial charge in [0.05, 0.1) is 17.1 Å². The zero-order valence-electron chi connectivity index (χ0n) is 20.3. The van der Waals surface area contributed by atoms with E-state index in [9.17, 15) is 13.2 Å². The van der Waals surface area contributed by atoms with E-state index >= 15 is 0 Å². The summed E-state index contributed by atoms with van der Waals surface area (Å²) < 4.78 is 40.5. The van der Waals surface area contributed by atoms with Crippen LogP contribution in [0.5, 0.6) is 5.75 Å². The average Bonchev–Trinajstić information content (AvgIpc) is 3.26. The minimum atomic E-state index is -3.93. The van der Waals surface area contributed by atoms with Crippen LogP contribution in [0, 0.1) is 13.8 Å². The van der Waals surface area contributed by atoms with Crippen LogP contribution in [0.3, 0.4) is 0 Å². The molecule has 0 saturated carbocycles. The molecular weight excluding hydrogens is 488 g/mol. The number of sulfonamides is 1. The molecule has 4 aromatic carbocycles. The SMILES string of the molecule is Cc1ccc(S(=O)(=O)N2C[C@@H](C(=O)Nc3ccc4c(c3)oc3ccccc34)Oc3ccc(C)cc32)cc1. The predicted molar refractivity (Wildman–Crippen MR) is 144 cm³/mol. The van der Waals surface area contributed by atoms with Crippen LogP contribution in [-0.2, 0) is 14.8 Å². The second-order valence-electron chi connectivity index (χ2n) is 9.23. The molecule has 7 nitrogen and oxygen atoms in total. The van der Waals surface area contributed by atoms with Gasteiger partial charge in [-0.2, -0.15) is 0 Å². The van der Waals surface area contributed by atoms with Crippen LogP contribution in [0.2, 0.25) is 0 Å². The quantitative estimate of drug-likeness (QED) is 0.329. The van der Waals surface area contributed by atoms with Crippen LogP contribution < -0.4 is 14.4 Å². The van der Waals surface area contributed by atoms with Gasteiger partial charge in [0, 0.05) is 22.5 Å². The fourth-order valence-electron chi connectivity index (χ4n) is 4.59. The van der Waals surface area contributed by atoms with E-state index in [1.807, 2.05) is 50.2 Å². The Kier molecular flexibility index (Phi) is 5.42. The highest BCUT2D eigenvalue weighted by atomic mass is 32.2. The summed E-state index contributed by atoms with van der Waals surface area (Å²) in [7, 11) is -3.93. The van der Waals surface area contributed by atoms with Crippen molar-refractivity contribution in [3.8, 4) is 5.75 Å². The Morgan fingerprint density at radius 1 is 0.865 bits per heavy atom. The van der Waals surface area contributed by atoms with Gasteiger partial charge in [0.2, 0.25) is 0 Å². The lowest BCUT2D eigenvalue weighted by Crippen LogP contribution is -2.48. The van der Waals surface area contributed by atoms with E-state index in [1.54, 1.807) is 48.5 Å². The summed E-state index contributed by atoms with van der Waals surface area (Å²) in [5.41, 5.74) is 4.19. The molecule has 0 saturated heterocycles. The number of amides is 1. The number of hydrogen-bond acceptors (Lipinski definition) is 5. The number of carbonyl (C=O) groups is 1. The van der Waals surface area contributed by atoms with Crippen molar-refractivity contribution >= 4 is 49.2 Å². The highest BCUT2D eigenvalue weighted by Gasteiger charge is 2.37. The van der Waals surface area contributed by atoms with E-state index in [-0.39, 0.29) is 11.4 Å². The molecule has 1 amide bonds. The van der Waals surface area contributed by atoms with Gasteiger partial charge in [-0.05, 0) is 61.9 Å². The lowest BCUT2D eigenvalue weighted by molar-refractivity contribution is -0.122. The van der Waals surface area contributed by atoms with E-state index in [1.165, 1.54) is 4.31 Å². The van der Waals surface area contributed by atoms with Crippen molar-refractivity contribution in [3.05, 3.63) is 96.1 Å². The van der Waals surface area contributed by atoms with Crippen LogP contribution >= 0.6 is 0 Å². The first-order chi connectivity index (χ1) is 17.8. The molecule has 186 valence electrons. The number of nitrogens with zero attached hydrogens (tertiary/aromatic N) is 1. The van der Waals surface area contributed by atoms with E-state index in [4.69, 9.17) is 9.15 Å². The molecule has 1 atom stereocenters. The van der Waals surface area contributed by atoms with Crippen LogP contribution in [0.25, 0.3) is 21.9 Å². The Morgan fingerprint density at radius 2 is 1.59 bits per heavy atom. The zero-order chi connectivity index (χ0) is 25.7. The van der Waals surface area contributed by atoms with Crippen LogP contribution in [0.15, 0.2) is 94.2 Å². The summed E-state index contributed by atoms with van der Waals surface area (Å²) in [6.07, 6.45) is -1.05. The van der Waals surface area contributed by atoms with Gasteiger partial charge < -0.3 is 14.5 Å². The molecule has 0 aliphatic carbocycles. The van der Waals surface area contributed by atoms with Gasteiger partial charge in [0.15, 0.2) is 6.10 Å². The van der Waals surface area contributed by atoms with Crippen molar-refractivity contribution in [3.63, 3.8) is 0 Å². The largest absolute Gasteiger partial charge is 0.476 e. The van der Waals surface area contributed by atoms with Gasteiger partial charge >= 0.3 is 0 Å². The van der Waals surface area contributed by atoms with Crippen molar-refractivity contribution in [2.75, 3.05) is 16.2 Å². The van der Waals surface area contributed by atoms with Gasteiger partial charge in [-0.3, -0.25) is 9.10 Å². The highest BCUT2D eigenvalue weighted by molar-refractivity contribution is 7.92. The zero-order valence-corrected chi connectivity index (χ0v) is 21.1. The molecule has 0 spiro atoms. The van der Waals surface area contributed by atoms with Crippen LogP contribution in [-0.4, -0.2) is 27.0 Å². The molecule has 1 aromatic heterocycles. The maximum atomic E-state index is 13.7. The van der Waals surface area contributed by atoms with E-state index in [2.05, 4.69) is 5.32 Å². The summed E-state index contributed by atoms with van der Waals surface area (Å²) in [5.74, 6) is -0.119. The molecular formula is C29H24N2O5S. The number of anilines is 2. The van der Waals surface area contributed by atoms with Crippen molar-refractivity contribution < 1.29 is 22.4 Å². The van der Waals surface area contributed by atoms with Crippen molar-refractivity contribution in [1.29, 1.82) is 0 Å². The predicted octanol–water partition coefficient (Wildman–Crippen LogP) is 5.80. The number of furan rings is 1. The molecule has 2 heterocycles. The summed E-state index contributed by atoms with van der Waals surface area (Å²) in [6, 6.07) is 25.1.